The second-order valence-electron chi connectivity index (χ2n) is 4.90. The molecule has 104 valence electrons. The molecule has 2 rings (SSSR count). The Hall–Kier alpha value is -0.580. The molecule has 1 heterocycles. The first-order valence-electron chi connectivity index (χ1n) is 6.61. The van der Waals surface area contributed by atoms with Crippen LogP contribution in [0.5, 0.6) is 0 Å². The molecule has 0 aliphatic carbocycles. The van der Waals surface area contributed by atoms with Crippen molar-refractivity contribution in [2.24, 2.45) is 5.92 Å². The minimum atomic E-state index is 0.0442. The maximum atomic E-state index is 11.9. The van der Waals surface area contributed by atoms with Crippen molar-refractivity contribution in [1.29, 1.82) is 0 Å². The molecule has 1 aliphatic rings. The van der Waals surface area contributed by atoms with Crippen LogP contribution in [0.15, 0.2) is 22.7 Å². The standard InChI is InChI=1S/C14H18BrClN2O/c15-11-2-3-13(12(16)9-11)18-14(19)4-1-10-5-7-17-8-6-10/h2-3,9-10,17H,1,4-8H2,(H,18,19). The third-order valence-corrected chi connectivity index (χ3v) is 4.25. The summed E-state index contributed by atoms with van der Waals surface area (Å²) in [6, 6.07) is 5.47. The van der Waals surface area contributed by atoms with Gasteiger partial charge in [-0.2, -0.15) is 0 Å². The van der Waals surface area contributed by atoms with Crippen molar-refractivity contribution in [3.05, 3.63) is 27.7 Å². The minimum absolute atomic E-state index is 0.0442. The second kappa shape index (κ2) is 7.27. The fourth-order valence-corrected chi connectivity index (χ4v) is 3.03. The number of carbonyl (C=O) groups is 1. The van der Waals surface area contributed by atoms with E-state index in [1.807, 2.05) is 12.1 Å². The zero-order chi connectivity index (χ0) is 13.7. The van der Waals surface area contributed by atoms with Gasteiger partial charge in [-0.05, 0) is 56.5 Å². The zero-order valence-electron chi connectivity index (χ0n) is 10.7. The Morgan fingerprint density at radius 3 is 2.84 bits per heavy atom. The number of rotatable bonds is 4. The van der Waals surface area contributed by atoms with Gasteiger partial charge in [0.15, 0.2) is 0 Å². The third kappa shape index (κ3) is 4.79. The monoisotopic (exact) mass is 344 g/mol. The molecule has 3 nitrogen and oxygen atoms in total. The van der Waals surface area contributed by atoms with Crippen molar-refractivity contribution in [1.82, 2.24) is 5.32 Å². The van der Waals surface area contributed by atoms with Gasteiger partial charge in [0.05, 0.1) is 10.7 Å². The molecule has 5 heteroatoms. The SMILES string of the molecule is O=C(CCC1CCNCC1)Nc1ccc(Br)cc1Cl. The highest BCUT2D eigenvalue weighted by atomic mass is 79.9. The number of nitrogens with one attached hydrogen (secondary N) is 2. The van der Waals surface area contributed by atoms with Gasteiger partial charge < -0.3 is 10.6 Å². The lowest BCUT2D eigenvalue weighted by atomic mass is 9.93. The van der Waals surface area contributed by atoms with Crippen LogP contribution in [0.1, 0.15) is 25.7 Å². The van der Waals surface area contributed by atoms with Crippen LogP contribution in [-0.4, -0.2) is 19.0 Å². The predicted molar refractivity (Wildman–Crippen MR) is 82.6 cm³/mol. The van der Waals surface area contributed by atoms with E-state index in [9.17, 15) is 4.79 Å². The van der Waals surface area contributed by atoms with E-state index in [4.69, 9.17) is 11.6 Å². The summed E-state index contributed by atoms with van der Waals surface area (Å²) < 4.78 is 0.908. The van der Waals surface area contributed by atoms with Crippen LogP contribution in [0, 0.1) is 5.92 Å². The fourth-order valence-electron chi connectivity index (χ4n) is 2.31. The molecular formula is C14H18BrClN2O. The average Bonchev–Trinajstić information content (AvgIpc) is 2.41. The van der Waals surface area contributed by atoms with Crippen LogP contribution in [-0.2, 0) is 4.79 Å². The number of hydrogen-bond acceptors (Lipinski definition) is 2. The number of benzene rings is 1. The summed E-state index contributed by atoms with van der Waals surface area (Å²) in [6.45, 7) is 2.15. The van der Waals surface area contributed by atoms with Crippen molar-refractivity contribution < 1.29 is 4.79 Å². The summed E-state index contributed by atoms with van der Waals surface area (Å²) in [4.78, 5) is 11.9. The fraction of sp³-hybridized carbons (Fsp3) is 0.500. The highest BCUT2D eigenvalue weighted by Crippen LogP contribution is 2.26. The molecule has 1 amide bonds. The molecule has 1 aromatic carbocycles. The van der Waals surface area contributed by atoms with Gasteiger partial charge in [-0.1, -0.05) is 27.5 Å². The number of anilines is 1. The molecule has 1 aliphatic heterocycles. The Labute approximate surface area is 127 Å². The lowest BCUT2D eigenvalue weighted by Gasteiger charge is -2.22. The van der Waals surface area contributed by atoms with Gasteiger partial charge in [-0.25, -0.2) is 0 Å². The Bertz CT molecular complexity index is 447. The first-order valence-corrected chi connectivity index (χ1v) is 7.78. The Balaban J connectivity index is 1.80. The molecule has 0 bridgehead atoms. The molecule has 1 aromatic rings. The predicted octanol–water partition coefficient (Wildman–Crippen LogP) is 3.82. The number of carbonyl (C=O) groups excluding carboxylic acids is 1. The lowest BCUT2D eigenvalue weighted by molar-refractivity contribution is -0.116. The summed E-state index contributed by atoms with van der Waals surface area (Å²) in [5.41, 5.74) is 0.681. The smallest absolute Gasteiger partial charge is 0.224 e. The summed E-state index contributed by atoms with van der Waals surface area (Å²) in [5, 5.41) is 6.76. The Morgan fingerprint density at radius 1 is 1.42 bits per heavy atom. The summed E-state index contributed by atoms with van der Waals surface area (Å²) in [5.74, 6) is 0.718. The van der Waals surface area contributed by atoms with Gasteiger partial charge in [-0.15, -0.1) is 0 Å². The molecule has 1 saturated heterocycles. The Morgan fingerprint density at radius 2 is 2.16 bits per heavy atom. The van der Waals surface area contributed by atoms with Crippen molar-refractivity contribution in [2.45, 2.75) is 25.7 Å². The lowest BCUT2D eigenvalue weighted by Crippen LogP contribution is -2.28. The van der Waals surface area contributed by atoms with Crippen molar-refractivity contribution in [2.75, 3.05) is 18.4 Å². The van der Waals surface area contributed by atoms with E-state index in [0.29, 0.717) is 23.0 Å². The van der Waals surface area contributed by atoms with Crippen LogP contribution in [0.4, 0.5) is 5.69 Å². The van der Waals surface area contributed by atoms with E-state index in [-0.39, 0.29) is 5.91 Å². The zero-order valence-corrected chi connectivity index (χ0v) is 13.1. The summed E-state index contributed by atoms with van der Waals surface area (Å²) >= 11 is 9.41. The molecule has 2 N–H and O–H groups in total. The first-order chi connectivity index (χ1) is 9.15. The average molecular weight is 346 g/mol. The molecule has 0 radical (unpaired) electrons. The topological polar surface area (TPSA) is 41.1 Å². The largest absolute Gasteiger partial charge is 0.325 e. The summed E-state index contributed by atoms with van der Waals surface area (Å²) in [7, 11) is 0. The first kappa shape index (κ1) is 14.8. The number of hydrogen-bond donors (Lipinski definition) is 2. The number of halogens is 2. The van der Waals surface area contributed by atoms with E-state index in [1.54, 1.807) is 6.07 Å². The van der Waals surface area contributed by atoms with E-state index in [1.165, 1.54) is 12.8 Å². The molecule has 0 atom stereocenters. The number of amides is 1. The summed E-state index contributed by atoms with van der Waals surface area (Å²) in [6.07, 6.45) is 3.87. The second-order valence-corrected chi connectivity index (χ2v) is 6.23. The van der Waals surface area contributed by atoms with E-state index >= 15 is 0 Å². The molecule has 0 aromatic heterocycles. The highest BCUT2D eigenvalue weighted by Gasteiger charge is 2.15. The van der Waals surface area contributed by atoms with Crippen LogP contribution in [0.2, 0.25) is 5.02 Å². The molecular weight excluding hydrogens is 328 g/mol. The maximum absolute atomic E-state index is 11.9. The van der Waals surface area contributed by atoms with Gasteiger partial charge in [0.2, 0.25) is 5.91 Å². The van der Waals surface area contributed by atoms with Crippen LogP contribution < -0.4 is 10.6 Å². The van der Waals surface area contributed by atoms with Gasteiger partial charge in [0.1, 0.15) is 0 Å². The minimum Gasteiger partial charge on any atom is -0.325 e. The van der Waals surface area contributed by atoms with E-state index in [2.05, 4.69) is 26.6 Å². The maximum Gasteiger partial charge on any atom is 0.224 e. The van der Waals surface area contributed by atoms with Crippen molar-refractivity contribution in [3.63, 3.8) is 0 Å². The van der Waals surface area contributed by atoms with Crippen LogP contribution >= 0.6 is 27.5 Å². The van der Waals surface area contributed by atoms with E-state index in [0.717, 1.165) is 24.0 Å². The number of piperidine rings is 1. The molecule has 0 spiro atoms. The molecule has 0 unspecified atom stereocenters. The van der Waals surface area contributed by atoms with Crippen LogP contribution in [0.25, 0.3) is 0 Å². The third-order valence-electron chi connectivity index (χ3n) is 3.44. The van der Waals surface area contributed by atoms with Crippen molar-refractivity contribution in [3.8, 4) is 0 Å². The molecule has 19 heavy (non-hydrogen) atoms. The Kier molecular flexibility index (Phi) is 5.67. The van der Waals surface area contributed by atoms with Gasteiger partial charge in [0.25, 0.3) is 0 Å². The quantitative estimate of drug-likeness (QED) is 0.871. The van der Waals surface area contributed by atoms with Gasteiger partial charge in [-0.3, -0.25) is 4.79 Å². The van der Waals surface area contributed by atoms with E-state index < -0.39 is 0 Å². The normalized spacial score (nSPS) is 16.3. The van der Waals surface area contributed by atoms with Gasteiger partial charge in [0, 0.05) is 10.9 Å². The molecule has 1 fully saturated rings. The molecule has 0 saturated carbocycles. The van der Waals surface area contributed by atoms with Gasteiger partial charge >= 0.3 is 0 Å². The highest BCUT2D eigenvalue weighted by molar-refractivity contribution is 9.10. The van der Waals surface area contributed by atoms with Crippen molar-refractivity contribution >= 4 is 39.1 Å². The van der Waals surface area contributed by atoms with Crippen LogP contribution in [0.3, 0.4) is 0 Å².